The Morgan fingerprint density at radius 3 is 2.72 bits per heavy atom. The number of aryl methyl sites for hydroxylation is 1. The van der Waals surface area contributed by atoms with Gasteiger partial charge < -0.3 is 14.0 Å². The maximum absolute atomic E-state index is 12.6. The molecule has 1 fully saturated rings. The predicted octanol–water partition coefficient (Wildman–Crippen LogP) is 3.89. The topological polar surface area (TPSA) is 101 Å². The van der Waals surface area contributed by atoms with Gasteiger partial charge in [-0.05, 0) is 44.9 Å². The Morgan fingerprint density at radius 1 is 1.31 bits per heavy atom. The van der Waals surface area contributed by atoms with E-state index in [-0.39, 0.29) is 22.5 Å². The fourth-order valence-electron chi connectivity index (χ4n) is 3.47. The average molecular weight is 421 g/mol. The third kappa shape index (κ3) is 4.65. The lowest BCUT2D eigenvalue weighted by Gasteiger charge is -2.14. The number of rotatable bonds is 7. The zero-order valence-corrected chi connectivity index (χ0v) is 16.9. The highest BCUT2D eigenvalue weighted by Gasteiger charge is 2.24. The van der Waals surface area contributed by atoms with Crippen molar-refractivity contribution < 1.29 is 24.0 Å². The first kappa shape index (κ1) is 21.0. The van der Waals surface area contributed by atoms with Crippen LogP contribution in [0.1, 0.15) is 44.9 Å². The number of ether oxygens (including phenoxy) is 2. The maximum atomic E-state index is 12.6. The second-order valence-corrected chi connectivity index (χ2v) is 7.38. The van der Waals surface area contributed by atoms with Crippen LogP contribution < -0.4 is 0 Å². The molecule has 0 bridgehead atoms. The van der Waals surface area contributed by atoms with Gasteiger partial charge in [-0.3, -0.25) is 14.9 Å². The summed E-state index contributed by atoms with van der Waals surface area (Å²) in [6, 6.07) is 5.39. The highest BCUT2D eigenvalue weighted by Crippen LogP contribution is 2.24. The van der Waals surface area contributed by atoms with E-state index in [0.717, 1.165) is 36.9 Å². The summed E-state index contributed by atoms with van der Waals surface area (Å²) in [5.74, 6) is -1.32. The molecule has 1 aromatic carbocycles. The molecule has 9 heteroatoms. The molecule has 1 aliphatic rings. The van der Waals surface area contributed by atoms with Crippen LogP contribution in [0.15, 0.2) is 24.3 Å². The molecule has 0 aliphatic carbocycles. The number of ketones is 1. The Kier molecular flexibility index (Phi) is 6.34. The van der Waals surface area contributed by atoms with Crippen LogP contribution in [0.5, 0.6) is 0 Å². The van der Waals surface area contributed by atoms with Crippen molar-refractivity contribution in [3.63, 3.8) is 0 Å². The molecule has 0 saturated carbocycles. The minimum Gasteiger partial charge on any atom is -0.454 e. The summed E-state index contributed by atoms with van der Waals surface area (Å²) in [4.78, 5) is 35.3. The smallest absolute Gasteiger partial charge is 0.345 e. The molecule has 2 heterocycles. The van der Waals surface area contributed by atoms with Crippen LogP contribution >= 0.6 is 11.6 Å². The van der Waals surface area contributed by atoms with Crippen LogP contribution in [0.3, 0.4) is 0 Å². The molecule has 0 amide bonds. The zero-order valence-electron chi connectivity index (χ0n) is 16.1. The first-order valence-electron chi connectivity index (χ1n) is 9.20. The molecule has 1 aromatic heterocycles. The van der Waals surface area contributed by atoms with E-state index in [1.165, 1.54) is 12.1 Å². The molecular weight excluding hydrogens is 400 g/mol. The number of nitrogens with zero attached hydrogens (tertiary/aromatic N) is 2. The van der Waals surface area contributed by atoms with Gasteiger partial charge in [0.05, 0.1) is 11.0 Å². The van der Waals surface area contributed by atoms with Crippen LogP contribution in [-0.4, -0.2) is 40.6 Å². The number of nitro groups is 1. The van der Waals surface area contributed by atoms with Gasteiger partial charge in [0.2, 0.25) is 5.78 Å². The molecule has 29 heavy (non-hydrogen) atoms. The molecule has 154 valence electrons. The van der Waals surface area contributed by atoms with Gasteiger partial charge >= 0.3 is 5.97 Å². The number of aromatic nitrogens is 1. The SMILES string of the molecule is Cc1cc(C(=O)COC(=O)c2ccc(Cl)cc2[N+](=O)[O-])c(C)n1CC1CCCO1. The number of carbonyl (C=O) groups is 2. The summed E-state index contributed by atoms with van der Waals surface area (Å²) in [6.45, 7) is 4.65. The summed E-state index contributed by atoms with van der Waals surface area (Å²) in [5.41, 5.74) is 1.43. The van der Waals surface area contributed by atoms with Gasteiger partial charge in [0.15, 0.2) is 6.61 Å². The summed E-state index contributed by atoms with van der Waals surface area (Å²) in [5, 5.41) is 11.3. The fraction of sp³-hybridized carbons (Fsp3) is 0.400. The van der Waals surface area contributed by atoms with Gasteiger partial charge in [0.1, 0.15) is 5.56 Å². The lowest BCUT2D eigenvalue weighted by Crippen LogP contribution is -2.18. The number of halogens is 1. The lowest BCUT2D eigenvalue weighted by molar-refractivity contribution is -0.385. The molecule has 0 N–H and O–H groups in total. The van der Waals surface area contributed by atoms with Gasteiger partial charge in [0.25, 0.3) is 5.69 Å². The second kappa shape index (κ2) is 8.75. The molecule has 8 nitrogen and oxygen atoms in total. The van der Waals surface area contributed by atoms with E-state index < -0.39 is 23.2 Å². The van der Waals surface area contributed by atoms with E-state index in [1.807, 2.05) is 18.4 Å². The molecule has 1 aliphatic heterocycles. The number of Topliss-reactive ketones (excluding diaryl/α,β-unsaturated/α-hetero) is 1. The second-order valence-electron chi connectivity index (χ2n) is 6.95. The number of benzene rings is 1. The predicted molar refractivity (Wildman–Crippen MR) is 106 cm³/mol. The van der Waals surface area contributed by atoms with E-state index in [1.54, 1.807) is 6.07 Å². The Bertz CT molecular complexity index is 962. The maximum Gasteiger partial charge on any atom is 0.345 e. The molecule has 0 spiro atoms. The Hall–Kier alpha value is -2.71. The normalized spacial score (nSPS) is 16.0. The standard InChI is InChI=1S/C20H21ClN2O6/c1-12-8-17(13(2)22(12)10-15-4-3-7-28-15)19(24)11-29-20(25)16-6-5-14(21)9-18(16)23(26)27/h5-6,8-9,15H,3-4,7,10-11H2,1-2H3. The van der Waals surface area contributed by atoms with Gasteiger partial charge in [-0.25, -0.2) is 4.79 Å². The molecule has 1 unspecified atom stereocenters. The first-order chi connectivity index (χ1) is 13.8. The van der Waals surface area contributed by atoms with Crippen LogP contribution in [0.25, 0.3) is 0 Å². The van der Waals surface area contributed by atoms with Gasteiger partial charge in [-0.2, -0.15) is 0 Å². The molecule has 2 aromatic rings. The van der Waals surface area contributed by atoms with E-state index in [9.17, 15) is 19.7 Å². The zero-order chi connectivity index (χ0) is 21.1. The Labute approximate surface area is 172 Å². The minimum absolute atomic E-state index is 0.128. The van der Waals surface area contributed by atoms with E-state index in [2.05, 4.69) is 0 Å². The highest BCUT2D eigenvalue weighted by molar-refractivity contribution is 6.31. The van der Waals surface area contributed by atoms with Crippen molar-refractivity contribution in [3.05, 3.63) is 61.9 Å². The van der Waals surface area contributed by atoms with Crippen LogP contribution in [0.2, 0.25) is 5.02 Å². The highest BCUT2D eigenvalue weighted by atomic mass is 35.5. The lowest BCUT2D eigenvalue weighted by atomic mass is 10.1. The van der Waals surface area contributed by atoms with Gasteiger partial charge in [0, 0.05) is 41.2 Å². The summed E-state index contributed by atoms with van der Waals surface area (Å²) in [6.07, 6.45) is 2.14. The number of hydrogen-bond donors (Lipinski definition) is 0. The molecule has 3 rings (SSSR count). The summed E-state index contributed by atoms with van der Waals surface area (Å²) < 4.78 is 12.7. The minimum atomic E-state index is -0.949. The fourth-order valence-corrected chi connectivity index (χ4v) is 3.64. The number of carbonyl (C=O) groups excluding carboxylic acids is 2. The molecular formula is C20H21ClN2O6. The molecule has 1 saturated heterocycles. The van der Waals surface area contributed by atoms with Crippen molar-refractivity contribution in [1.29, 1.82) is 0 Å². The van der Waals surface area contributed by atoms with Crippen molar-refractivity contribution in [1.82, 2.24) is 4.57 Å². The van der Waals surface area contributed by atoms with Crippen LogP contribution in [0, 0.1) is 24.0 Å². The monoisotopic (exact) mass is 420 g/mol. The van der Waals surface area contributed by atoms with Crippen molar-refractivity contribution in [2.24, 2.45) is 0 Å². The van der Waals surface area contributed by atoms with E-state index >= 15 is 0 Å². The number of nitro benzene ring substituents is 1. The summed E-state index contributed by atoms with van der Waals surface area (Å²) >= 11 is 5.75. The third-order valence-corrected chi connectivity index (χ3v) is 5.23. The van der Waals surface area contributed by atoms with Crippen molar-refractivity contribution in [3.8, 4) is 0 Å². The Morgan fingerprint density at radius 2 is 2.07 bits per heavy atom. The average Bonchev–Trinajstić information content (AvgIpc) is 3.29. The first-order valence-corrected chi connectivity index (χ1v) is 9.58. The van der Waals surface area contributed by atoms with Crippen LogP contribution in [-0.2, 0) is 16.0 Å². The van der Waals surface area contributed by atoms with Crippen molar-refractivity contribution >= 4 is 29.0 Å². The molecule has 1 atom stereocenters. The molecule has 0 radical (unpaired) electrons. The van der Waals surface area contributed by atoms with E-state index in [4.69, 9.17) is 21.1 Å². The quantitative estimate of drug-likeness (QED) is 0.291. The van der Waals surface area contributed by atoms with E-state index in [0.29, 0.717) is 12.1 Å². The largest absolute Gasteiger partial charge is 0.454 e. The Balaban J connectivity index is 1.70. The van der Waals surface area contributed by atoms with Gasteiger partial charge in [-0.15, -0.1) is 0 Å². The van der Waals surface area contributed by atoms with Crippen molar-refractivity contribution in [2.45, 2.75) is 39.3 Å². The van der Waals surface area contributed by atoms with Gasteiger partial charge in [-0.1, -0.05) is 11.6 Å². The van der Waals surface area contributed by atoms with Crippen LogP contribution in [0.4, 0.5) is 5.69 Å². The third-order valence-electron chi connectivity index (χ3n) is 4.99. The van der Waals surface area contributed by atoms with Crippen molar-refractivity contribution in [2.75, 3.05) is 13.2 Å². The summed E-state index contributed by atoms with van der Waals surface area (Å²) in [7, 11) is 0. The number of esters is 1. The number of hydrogen-bond acceptors (Lipinski definition) is 6.